The molecule has 0 aromatic heterocycles. The molecule has 0 aromatic rings. The summed E-state index contributed by atoms with van der Waals surface area (Å²) in [7, 11) is 0. The summed E-state index contributed by atoms with van der Waals surface area (Å²) in [6.45, 7) is 1.33. The molecule has 22 heavy (non-hydrogen) atoms. The highest BCUT2D eigenvalue weighted by molar-refractivity contribution is 7.80. The lowest BCUT2D eigenvalue weighted by Gasteiger charge is -2.12. The van der Waals surface area contributed by atoms with Gasteiger partial charge in [0, 0.05) is 11.5 Å². The van der Waals surface area contributed by atoms with Crippen molar-refractivity contribution in [2.24, 2.45) is 0 Å². The molecule has 0 radical (unpaired) electrons. The summed E-state index contributed by atoms with van der Waals surface area (Å²) in [6.07, 6.45) is 5.06. The van der Waals surface area contributed by atoms with Crippen molar-refractivity contribution in [1.82, 2.24) is 0 Å². The van der Waals surface area contributed by atoms with Crippen LogP contribution in [0, 0.1) is 0 Å². The Balaban J connectivity index is 3.34. The average Bonchev–Trinajstić information content (AvgIpc) is 2.51. The maximum absolute atomic E-state index is 9.52. The third-order valence-electron chi connectivity index (χ3n) is 2.17. The molecule has 0 saturated carbocycles. The predicted octanol–water partition coefficient (Wildman–Crippen LogP) is 0.662. The van der Waals surface area contributed by atoms with Crippen LogP contribution in [0.15, 0.2) is 24.7 Å². The van der Waals surface area contributed by atoms with Crippen LogP contribution in [-0.4, -0.2) is 73.6 Å². The van der Waals surface area contributed by atoms with Crippen LogP contribution in [0.2, 0.25) is 0 Å². The molecular weight excluding hydrogens is 328 g/mol. The molecule has 130 valence electrons. The maximum Gasteiger partial charge on any atom is 0.115 e. The van der Waals surface area contributed by atoms with Gasteiger partial charge in [-0.3, -0.25) is 0 Å². The number of ether oxygens (including phenoxy) is 4. The molecule has 0 saturated heterocycles. The Morgan fingerprint density at radius 3 is 1.50 bits per heavy atom. The summed E-state index contributed by atoms with van der Waals surface area (Å²) in [4.78, 5) is 0. The minimum absolute atomic E-state index is 0.165. The highest BCUT2D eigenvalue weighted by Gasteiger charge is 2.05. The Labute approximate surface area is 142 Å². The predicted molar refractivity (Wildman–Crippen MR) is 91.5 cm³/mol. The molecule has 8 heteroatoms. The lowest BCUT2D eigenvalue weighted by molar-refractivity contribution is -0.0376. The summed E-state index contributed by atoms with van der Waals surface area (Å²) in [5, 5.41) is 19.0. The van der Waals surface area contributed by atoms with E-state index in [1.807, 2.05) is 0 Å². The van der Waals surface area contributed by atoms with Crippen LogP contribution >= 0.6 is 25.3 Å². The monoisotopic (exact) mass is 354 g/mol. The Kier molecular flexibility index (Phi) is 16.7. The zero-order chi connectivity index (χ0) is 16.5. The standard InChI is InChI=1S/C14H26O6S2/c15-13(9-17-3-1-7-21)11-19-5-6-20-12-14(16)10-18-4-2-8-22/h1-4,13-16,21-22H,5-12H2. The van der Waals surface area contributed by atoms with Crippen LogP contribution < -0.4 is 0 Å². The van der Waals surface area contributed by atoms with Gasteiger partial charge in [-0.25, -0.2) is 0 Å². The zero-order valence-electron chi connectivity index (χ0n) is 12.5. The molecule has 0 aliphatic heterocycles. The summed E-state index contributed by atoms with van der Waals surface area (Å²) < 4.78 is 20.5. The Bertz CT molecular complexity index is 261. The number of thiol groups is 2. The van der Waals surface area contributed by atoms with Crippen molar-refractivity contribution in [2.45, 2.75) is 12.2 Å². The molecule has 0 aliphatic carbocycles. The van der Waals surface area contributed by atoms with E-state index in [0.29, 0.717) is 24.7 Å². The van der Waals surface area contributed by atoms with Gasteiger partial charge in [0.05, 0.1) is 39.0 Å². The van der Waals surface area contributed by atoms with Crippen molar-refractivity contribution in [1.29, 1.82) is 0 Å². The molecule has 2 unspecified atom stereocenters. The third kappa shape index (κ3) is 16.0. The number of rotatable bonds is 15. The molecule has 0 spiro atoms. The summed E-state index contributed by atoms with van der Waals surface area (Å²) >= 11 is 7.95. The molecule has 0 rings (SSSR count). The molecule has 0 aromatic carbocycles. The number of aliphatic hydroxyl groups excluding tert-OH is 2. The minimum Gasteiger partial charge on any atom is -0.499 e. The van der Waals surface area contributed by atoms with Crippen LogP contribution in [0.5, 0.6) is 0 Å². The van der Waals surface area contributed by atoms with Crippen LogP contribution in [0.3, 0.4) is 0 Å². The second-order valence-electron chi connectivity index (χ2n) is 4.23. The maximum atomic E-state index is 9.52. The van der Waals surface area contributed by atoms with Gasteiger partial charge >= 0.3 is 0 Å². The van der Waals surface area contributed by atoms with E-state index in [0.717, 1.165) is 0 Å². The van der Waals surface area contributed by atoms with E-state index >= 15 is 0 Å². The van der Waals surface area contributed by atoms with E-state index in [1.54, 1.807) is 12.2 Å². The molecule has 6 nitrogen and oxygen atoms in total. The second-order valence-corrected chi connectivity index (χ2v) is 4.96. The molecule has 2 atom stereocenters. The van der Waals surface area contributed by atoms with Gasteiger partial charge in [0.1, 0.15) is 25.4 Å². The van der Waals surface area contributed by atoms with Gasteiger partial charge in [-0.1, -0.05) is 0 Å². The van der Waals surface area contributed by atoms with Crippen molar-refractivity contribution in [2.75, 3.05) is 51.1 Å². The SMILES string of the molecule is OC(COC=CCS)COCCOCC(O)COC=CCS. The molecule has 0 aliphatic rings. The normalized spacial score (nSPS) is 14.5. The first-order valence-corrected chi connectivity index (χ1v) is 8.23. The van der Waals surface area contributed by atoms with Gasteiger partial charge in [0.2, 0.25) is 0 Å². The van der Waals surface area contributed by atoms with Gasteiger partial charge in [-0.15, -0.1) is 0 Å². The molecular formula is C14H26O6S2. The van der Waals surface area contributed by atoms with Crippen molar-refractivity contribution >= 4 is 25.3 Å². The van der Waals surface area contributed by atoms with Gasteiger partial charge in [0.25, 0.3) is 0 Å². The topological polar surface area (TPSA) is 77.4 Å². The van der Waals surface area contributed by atoms with Crippen molar-refractivity contribution in [3.8, 4) is 0 Å². The Morgan fingerprint density at radius 1 is 0.727 bits per heavy atom. The summed E-state index contributed by atoms with van der Waals surface area (Å²) in [5.41, 5.74) is 0. The summed E-state index contributed by atoms with van der Waals surface area (Å²) in [5.74, 6) is 1.18. The van der Waals surface area contributed by atoms with Crippen molar-refractivity contribution < 1.29 is 29.2 Å². The Hall–Kier alpha value is -0.380. The van der Waals surface area contributed by atoms with Gasteiger partial charge in [-0.05, 0) is 12.2 Å². The Morgan fingerprint density at radius 2 is 1.14 bits per heavy atom. The minimum atomic E-state index is -0.692. The van der Waals surface area contributed by atoms with Crippen molar-refractivity contribution in [3.63, 3.8) is 0 Å². The van der Waals surface area contributed by atoms with Gasteiger partial charge < -0.3 is 29.2 Å². The van der Waals surface area contributed by atoms with E-state index < -0.39 is 12.2 Å². The van der Waals surface area contributed by atoms with Crippen LogP contribution in [-0.2, 0) is 18.9 Å². The number of hydrogen-bond acceptors (Lipinski definition) is 8. The fourth-order valence-electron chi connectivity index (χ4n) is 1.21. The average molecular weight is 354 g/mol. The number of aliphatic hydroxyl groups is 2. The largest absolute Gasteiger partial charge is 0.499 e. The van der Waals surface area contributed by atoms with E-state index in [-0.39, 0.29) is 26.4 Å². The highest BCUT2D eigenvalue weighted by Crippen LogP contribution is 1.92. The molecule has 0 heterocycles. The van der Waals surface area contributed by atoms with E-state index in [4.69, 9.17) is 18.9 Å². The molecule has 0 fully saturated rings. The first kappa shape index (κ1) is 21.6. The van der Waals surface area contributed by atoms with Crippen molar-refractivity contribution in [3.05, 3.63) is 24.7 Å². The molecule has 0 amide bonds. The quantitative estimate of drug-likeness (QED) is 0.197. The lowest BCUT2D eigenvalue weighted by Crippen LogP contribution is -2.24. The molecule has 0 bridgehead atoms. The fourth-order valence-corrected chi connectivity index (χ4v) is 1.38. The zero-order valence-corrected chi connectivity index (χ0v) is 14.3. The smallest absolute Gasteiger partial charge is 0.115 e. The highest BCUT2D eigenvalue weighted by atomic mass is 32.1. The fraction of sp³-hybridized carbons (Fsp3) is 0.714. The first-order chi connectivity index (χ1) is 10.7. The van der Waals surface area contributed by atoms with Gasteiger partial charge in [-0.2, -0.15) is 25.3 Å². The van der Waals surface area contributed by atoms with Gasteiger partial charge in [0.15, 0.2) is 0 Å². The third-order valence-corrected chi connectivity index (χ3v) is 2.59. The van der Waals surface area contributed by atoms with E-state index in [1.165, 1.54) is 12.5 Å². The number of hydrogen-bond donors (Lipinski definition) is 4. The first-order valence-electron chi connectivity index (χ1n) is 6.97. The summed E-state index contributed by atoms with van der Waals surface area (Å²) in [6, 6.07) is 0. The van der Waals surface area contributed by atoms with Crippen LogP contribution in [0.1, 0.15) is 0 Å². The lowest BCUT2D eigenvalue weighted by atomic mass is 10.4. The van der Waals surface area contributed by atoms with E-state index in [9.17, 15) is 10.2 Å². The second kappa shape index (κ2) is 17.0. The van der Waals surface area contributed by atoms with Crippen LogP contribution in [0.4, 0.5) is 0 Å². The molecule has 2 N–H and O–H groups in total. The van der Waals surface area contributed by atoms with E-state index in [2.05, 4.69) is 25.3 Å². The van der Waals surface area contributed by atoms with Crippen LogP contribution in [0.25, 0.3) is 0 Å².